The van der Waals surface area contributed by atoms with E-state index in [2.05, 4.69) is 20.3 Å². The second-order valence-corrected chi connectivity index (χ2v) is 12.5. The van der Waals surface area contributed by atoms with Crippen molar-refractivity contribution < 1.29 is 28.2 Å². The molecule has 234 valence electrons. The number of nitrogens with zero attached hydrogens (tertiary/aromatic N) is 6. The Balaban J connectivity index is 1.16. The lowest BCUT2D eigenvalue weighted by molar-refractivity contribution is 0.0130. The predicted molar refractivity (Wildman–Crippen MR) is 161 cm³/mol. The topological polar surface area (TPSA) is 122 Å². The minimum Gasteiger partial charge on any atom is -0.444 e. The van der Waals surface area contributed by atoms with E-state index < -0.39 is 11.8 Å². The minimum atomic E-state index is -1.23. The molecule has 44 heavy (non-hydrogen) atoms. The van der Waals surface area contributed by atoms with Crippen molar-refractivity contribution in [1.29, 1.82) is 0 Å². The van der Waals surface area contributed by atoms with Crippen molar-refractivity contribution in [2.75, 3.05) is 56.2 Å². The summed E-state index contributed by atoms with van der Waals surface area (Å²) < 4.78 is 28.1. The molecule has 1 N–H and O–H groups in total. The SMILES string of the molecule is CC(C)(C)OC(=O)N1CCC([C@H](F)CN2Cc3cc(NC(=O)c4cnn5cccnc45)c(N4CCOCC4)cc3C2=O)CC1. The smallest absolute Gasteiger partial charge is 0.410 e. The number of hydrogen-bond donors (Lipinski definition) is 1. The Kier molecular flexibility index (Phi) is 8.14. The number of anilines is 2. The van der Waals surface area contributed by atoms with E-state index in [1.807, 2.05) is 26.8 Å². The van der Waals surface area contributed by atoms with Crippen LogP contribution in [0, 0.1) is 5.92 Å². The fourth-order valence-corrected chi connectivity index (χ4v) is 6.03. The molecule has 6 rings (SSSR count). The van der Waals surface area contributed by atoms with E-state index in [-0.39, 0.29) is 36.9 Å². The van der Waals surface area contributed by atoms with Crippen molar-refractivity contribution in [3.8, 4) is 0 Å². The molecule has 0 saturated carbocycles. The molecule has 0 aliphatic carbocycles. The summed E-state index contributed by atoms with van der Waals surface area (Å²) in [6.45, 7) is 8.77. The molecule has 3 amide bonds. The van der Waals surface area contributed by atoms with Gasteiger partial charge in [0.05, 0.1) is 37.3 Å². The Morgan fingerprint density at radius 2 is 1.91 bits per heavy atom. The maximum absolute atomic E-state index is 15.6. The molecule has 2 saturated heterocycles. The summed E-state index contributed by atoms with van der Waals surface area (Å²) in [6, 6.07) is 5.36. The summed E-state index contributed by atoms with van der Waals surface area (Å²) in [6.07, 6.45) is 4.20. The Morgan fingerprint density at radius 1 is 1.16 bits per heavy atom. The normalized spacial score (nSPS) is 18.5. The number of amides is 3. The molecule has 3 aromatic rings. The Bertz CT molecular complexity index is 1560. The molecule has 2 fully saturated rings. The van der Waals surface area contributed by atoms with Gasteiger partial charge in [-0.05, 0) is 63.3 Å². The van der Waals surface area contributed by atoms with E-state index in [1.54, 1.807) is 34.3 Å². The van der Waals surface area contributed by atoms with E-state index in [1.165, 1.54) is 10.7 Å². The molecular weight excluding hydrogens is 569 g/mol. The molecule has 1 aromatic carbocycles. The standard InChI is InChI=1S/C31H38FN7O5/c1-31(2,3)44-30(42)37-9-5-20(6-10-37)24(32)19-38-18-21-15-25(26(16-22(21)29(38)41)36-11-13-43-14-12-36)35-28(40)23-17-34-39-8-4-7-33-27(23)39/h4,7-8,15-17,20,24H,5-6,9-14,18-19H2,1-3H3,(H,35,40)/t24-/m1/s1. The maximum atomic E-state index is 15.6. The van der Waals surface area contributed by atoms with Crippen LogP contribution in [0.4, 0.5) is 20.6 Å². The van der Waals surface area contributed by atoms with Gasteiger partial charge in [0.25, 0.3) is 11.8 Å². The maximum Gasteiger partial charge on any atom is 0.410 e. The number of hydrogen-bond acceptors (Lipinski definition) is 8. The van der Waals surface area contributed by atoms with Crippen molar-refractivity contribution in [3.05, 3.63) is 53.5 Å². The number of aromatic nitrogens is 3. The zero-order chi connectivity index (χ0) is 31.0. The number of fused-ring (bicyclic) bond motifs is 2. The van der Waals surface area contributed by atoms with Crippen molar-refractivity contribution in [2.24, 2.45) is 5.92 Å². The molecule has 0 unspecified atom stereocenters. The molecule has 12 nitrogen and oxygen atoms in total. The van der Waals surface area contributed by atoms with Crippen molar-refractivity contribution in [2.45, 2.75) is 51.9 Å². The average Bonchev–Trinajstić information content (AvgIpc) is 3.57. The number of carbonyl (C=O) groups is 3. The van der Waals surface area contributed by atoms with E-state index >= 15 is 4.39 Å². The van der Waals surface area contributed by atoms with Gasteiger partial charge in [-0.15, -0.1) is 0 Å². The Morgan fingerprint density at radius 3 is 2.64 bits per heavy atom. The molecule has 0 bridgehead atoms. The van der Waals surface area contributed by atoms with Gasteiger partial charge in [-0.25, -0.2) is 18.7 Å². The number of morpholine rings is 1. The van der Waals surface area contributed by atoms with Gasteiger partial charge in [-0.1, -0.05) is 0 Å². The fourth-order valence-electron chi connectivity index (χ4n) is 6.03. The van der Waals surface area contributed by atoms with Gasteiger partial charge < -0.3 is 29.5 Å². The number of carbonyl (C=O) groups excluding carboxylic acids is 3. The van der Waals surface area contributed by atoms with Crippen LogP contribution in [-0.2, 0) is 16.0 Å². The lowest BCUT2D eigenvalue weighted by Gasteiger charge is -2.35. The number of benzene rings is 1. The van der Waals surface area contributed by atoms with Gasteiger partial charge >= 0.3 is 6.09 Å². The Hall–Kier alpha value is -4.26. The van der Waals surface area contributed by atoms with E-state index in [0.29, 0.717) is 80.4 Å². The van der Waals surface area contributed by atoms with Crippen LogP contribution in [-0.4, -0.2) is 100 Å². The van der Waals surface area contributed by atoms with Crippen LogP contribution in [0.15, 0.2) is 36.8 Å². The van der Waals surface area contributed by atoms with E-state index in [0.717, 1.165) is 5.56 Å². The summed E-state index contributed by atoms with van der Waals surface area (Å²) in [5.74, 6) is -0.854. The highest BCUT2D eigenvalue weighted by Gasteiger charge is 2.36. The summed E-state index contributed by atoms with van der Waals surface area (Å²) in [5, 5.41) is 7.24. The first kappa shape index (κ1) is 29.8. The van der Waals surface area contributed by atoms with Crippen LogP contribution in [0.1, 0.15) is 59.9 Å². The number of rotatable bonds is 6. The lowest BCUT2D eigenvalue weighted by atomic mass is 9.92. The van der Waals surface area contributed by atoms with Gasteiger partial charge in [-0.2, -0.15) is 5.10 Å². The van der Waals surface area contributed by atoms with Gasteiger partial charge in [-0.3, -0.25) is 9.59 Å². The van der Waals surface area contributed by atoms with E-state index in [9.17, 15) is 14.4 Å². The van der Waals surface area contributed by atoms with Crippen LogP contribution < -0.4 is 10.2 Å². The van der Waals surface area contributed by atoms with Crippen LogP contribution in [0.3, 0.4) is 0 Å². The summed E-state index contributed by atoms with van der Waals surface area (Å²) in [7, 11) is 0. The van der Waals surface area contributed by atoms with Crippen molar-refractivity contribution >= 4 is 34.9 Å². The quantitative estimate of drug-likeness (QED) is 0.450. The molecule has 2 aromatic heterocycles. The fraction of sp³-hybridized carbons (Fsp3) is 0.516. The molecule has 1 atom stereocenters. The predicted octanol–water partition coefficient (Wildman–Crippen LogP) is 3.76. The first-order valence-electron chi connectivity index (χ1n) is 15.1. The third-order valence-electron chi connectivity index (χ3n) is 8.32. The zero-order valence-electron chi connectivity index (χ0n) is 25.3. The highest BCUT2D eigenvalue weighted by atomic mass is 19.1. The monoisotopic (exact) mass is 607 g/mol. The summed E-state index contributed by atoms with van der Waals surface area (Å²) in [5.41, 5.74) is 2.69. The largest absolute Gasteiger partial charge is 0.444 e. The number of ether oxygens (including phenoxy) is 2. The van der Waals surface area contributed by atoms with Crippen molar-refractivity contribution in [3.63, 3.8) is 0 Å². The lowest BCUT2D eigenvalue weighted by Crippen LogP contribution is -2.44. The highest BCUT2D eigenvalue weighted by molar-refractivity contribution is 6.10. The van der Waals surface area contributed by atoms with Crippen LogP contribution in [0.2, 0.25) is 0 Å². The number of alkyl halides is 1. The number of likely N-dealkylation sites (tertiary alicyclic amines) is 1. The van der Waals surface area contributed by atoms with Gasteiger partial charge in [0.15, 0.2) is 5.65 Å². The number of halogens is 1. The molecule has 5 heterocycles. The van der Waals surface area contributed by atoms with E-state index in [4.69, 9.17) is 9.47 Å². The van der Waals surface area contributed by atoms with Gasteiger partial charge in [0.1, 0.15) is 17.3 Å². The molecular formula is C31H38FN7O5. The first-order chi connectivity index (χ1) is 21.1. The number of nitrogens with one attached hydrogen (secondary N) is 1. The second-order valence-electron chi connectivity index (χ2n) is 12.5. The Labute approximate surface area is 255 Å². The third kappa shape index (κ3) is 6.19. The van der Waals surface area contributed by atoms with Crippen LogP contribution in [0.5, 0.6) is 0 Å². The molecule has 0 radical (unpaired) electrons. The van der Waals surface area contributed by atoms with Gasteiger partial charge in [0, 0.05) is 50.7 Å². The second kappa shape index (κ2) is 12.0. The zero-order valence-corrected chi connectivity index (χ0v) is 25.3. The van der Waals surface area contributed by atoms with Gasteiger partial charge in [0.2, 0.25) is 0 Å². The van der Waals surface area contributed by atoms with Crippen LogP contribution in [0.25, 0.3) is 5.65 Å². The van der Waals surface area contributed by atoms with Crippen molar-refractivity contribution in [1.82, 2.24) is 24.4 Å². The molecule has 3 aliphatic rings. The molecule has 13 heteroatoms. The molecule has 0 spiro atoms. The average molecular weight is 608 g/mol. The third-order valence-corrected chi connectivity index (χ3v) is 8.32. The minimum absolute atomic E-state index is 0.0345. The summed E-state index contributed by atoms with van der Waals surface area (Å²) in [4.78, 5) is 48.9. The molecule has 3 aliphatic heterocycles. The highest BCUT2D eigenvalue weighted by Crippen LogP contribution is 2.36. The number of piperidine rings is 1. The van der Waals surface area contributed by atoms with Crippen LogP contribution >= 0.6 is 0 Å². The first-order valence-corrected chi connectivity index (χ1v) is 15.1. The summed E-state index contributed by atoms with van der Waals surface area (Å²) >= 11 is 0.